The molecule has 1 aromatic carbocycles. The predicted molar refractivity (Wildman–Crippen MR) is 106 cm³/mol. The van der Waals surface area contributed by atoms with Crippen LogP contribution >= 0.6 is 0 Å². The number of hydrogen-bond acceptors (Lipinski definition) is 5. The number of pyridine rings is 2. The Labute approximate surface area is 161 Å². The van der Waals surface area contributed by atoms with Gasteiger partial charge in [0.1, 0.15) is 5.69 Å². The van der Waals surface area contributed by atoms with Crippen molar-refractivity contribution in [1.82, 2.24) is 19.7 Å². The van der Waals surface area contributed by atoms with Crippen LogP contribution in [0, 0.1) is 0 Å². The van der Waals surface area contributed by atoms with Crippen molar-refractivity contribution in [3.05, 3.63) is 60.6 Å². The number of primary sulfonamides is 1. The van der Waals surface area contributed by atoms with Crippen molar-refractivity contribution in [2.75, 3.05) is 0 Å². The lowest BCUT2D eigenvalue weighted by atomic mass is 9.97. The maximum Gasteiger partial charge on any atom is 0.238 e. The highest BCUT2D eigenvalue weighted by atomic mass is 32.2. The monoisotopic (exact) mass is 391 g/mol. The number of aryl methyl sites for hydroxylation is 1. The van der Waals surface area contributed by atoms with E-state index in [-0.39, 0.29) is 4.90 Å². The van der Waals surface area contributed by atoms with Crippen molar-refractivity contribution in [2.24, 2.45) is 5.14 Å². The molecule has 7 nitrogen and oxygen atoms in total. The highest BCUT2D eigenvalue weighted by Gasteiger charge is 2.25. The van der Waals surface area contributed by atoms with Crippen LogP contribution in [0.1, 0.15) is 12.1 Å². The van der Waals surface area contributed by atoms with Gasteiger partial charge in [0, 0.05) is 35.6 Å². The van der Waals surface area contributed by atoms with Gasteiger partial charge in [-0.15, -0.1) is 0 Å². The van der Waals surface area contributed by atoms with Crippen molar-refractivity contribution >= 4 is 20.9 Å². The number of rotatable bonds is 3. The summed E-state index contributed by atoms with van der Waals surface area (Å²) in [5, 5.41) is 11.0. The Bertz CT molecular complexity index is 1310. The molecule has 0 fully saturated rings. The number of nitrogens with two attached hydrogens (primary N) is 1. The fourth-order valence-corrected chi connectivity index (χ4v) is 4.35. The molecule has 28 heavy (non-hydrogen) atoms. The van der Waals surface area contributed by atoms with E-state index in [1.54, 1.807) is 18.5 Å². The summed E-state index contributed by atoms with van der Waals surface area (Å²) < 4.78 is 25.5. The number of hydrogen-bond donors (Lipinski definition) is 1. The summed E-state index contributed by atoms with van der Waals surface area (Å²) >= 11 is 0. The van der Waals surface area contributed by atoms with Gasteiger partial charge in [-0.1, -0.05) is 12.1 Å². The fraction of sp³-hybridized carbons (Fsp3) is 0.150. The SMILES string of the molecule is NS(=O)(=O)c1ccc2c(-c3c(-c4ccccn4)nn4c3CCC4)ccnc2c1. The molecule has 3 aromatic heterocycles. The quantitative estimate of drug-likeness (QED) is 0.578. The molecule has 0 saturated carbocycles. The van der Waals surface area contributed by atoms with E-state index in [0.717, 1.165) is 47.3 Å². The average molecular weight is 391 g/mol. The number of fused-ring (bicyclic) bond motifs is 2. The van der Waals surface area contributed by atoms with Crippen LogP contribution in [0.5, 0.6) is 0 Å². The first kappa shape index (κ1) is 17.0. The standard InChI is InChI=1S/C20H17N5O2S/c21-28(26,27)13-6-7-14-15(8-10-23-17(14)12-13)19-18-5-3-11-25(18)24-20(19)16-4-1-2-9-22-16/h1-2,4,6-10,12H,3,5,11H2,(H2,21,26,27). The van der Waals surface area contributed by atoms with Crippen LogP contribution < -0.4 is 5.14 Å². The van der Waals surface area contributed by atoms with Gasteiger partial charge < -0.3 is 0 Å². The Morgan fingerprint density at radius 3 is 2.71 bits per heavy atom. The summed E-state index contributed by atoms with van der Waals surface area (Å²) in [4.78, 5) is 8.90. The second-order valence-corrected chi connectivity index (χ2v) is 8.36. The topological polar surface area (TPSA) is 104 Å². The third kappa shape index (κ3) is 2.69. The summed E-state index contributed by atoms with van der Waals surface area (Å²) in [7, 11) is -3.79. The zero-order valence-electron chi connectivity index (χ0n) is 14.9. The van der Waals surface area contributed by atoms with E-state index < -0.39 is 10.0 Å². The Kier molecular flexibility index (Phi) is 3.78. The number of benzene rings is 1. The summed E-state index contributed by atoms with van der Waals surface area (Å²) in [6, 6.07) is 12.5. The smallest absolute Gasteiger partial charge is 0.238 e. The number of aromatic nitrogens is 4. The van der Waals surface area contributed by atoms with Crippen molar-refractivity contribution in [3.63, 3.8) is 0 Å². The third-order valence-electron chi connectivity index (χ3n) is 5.06. The first-order valence-electron chi connectivity index (χ1n) is 8.95. The van der Waals surface area contributed by atoms with E-state index in [0.29, 0.717) is 5.52 Å². The van der Waals surface area contributed by atoms with Gasteiger partial charge in [-0.25, -0.2) is 13.6 Å². The van der Waals surface area contributed by atoms with E-state index in [2.05, 4.69) is 9.97 Å². The maximum atomic E-state index is 11.7. The summed E-state index contributed by atoms with van der Waals surface area (Å²) in [6.45, 7) is 0.883. The molecule has 0 aliphatic carbocycles. The lowest BCUT2D eigenvalue weighted by molar-refractivity contribution is 0.598. The summed E-state index contributed by atoms with van der Waals surface area (Å²) in [5.74, 6) is 0. The molecule has 0 saturated heterocycles. The van der Waals surface area contributed by atoms with Crippen LogP contribution in [0.25, 0.3) is 33.4 Å². The van der Waals surface area contributed by atoms with Crippen LogP contribution in [0.2, 0.25) is 0 Å². The zero-order chi connectivity index (χ0) is 19.3. The summed E-state index contributed by atoms with van der Waals surface area (Å²) in [5.41, 5.74) is 5.39. The maximum absolute atomic E-state index is 11.7. The Hall–Kier alpha value is -3.10. The molecular weight excluding hydrogens is 374 g/mol. The zero-order valence-corrected chi connectivity index (χ0v) is 15.7. The molecule has 4 aromatic rings. The molecule has 5 rings (SSSR count). The molecule has 140 valence electrons. The lowest BCUT2D eigenvalue weighted by Gasteiger charge is -2.09. The van der Waals surface area contributed by atoms with Crippen molar-refractivity contribution in [1.29, 1.82) is 0 Å². The minimum absolute atomic E-state index is 0.0508. The largest absolute Gasteiger partial charge is 0.268 e. The highest BCUT2D eigenvalue weighted by molar-refractivity contribution is 7.89. The molecule has 1 aliphatic heterocycles. The van der Waals surface area contributed by atoms with Gasteiger partial charge in [0.2, 0.25) is 10.0 Å². The molecular formula is C20H17N5O2S. The molecule has 2 N–H and O–H groups in total. The number of nitrogens with zero attached hydrogens (tertiary/aromatic N) is 4. The van der Waals surface area contributed by atoms with Crippen LogP contribution in [0.4, 0.5) is 0 Å². The second-order valence-electron chi connectivity index (χ2n) is 6.79. The van der Waals surface area contributed by atoms with E-state index in [9.17, 15) is 8.42 Å². The van der Waals surface area contributed by atoms with Gasteiger partial charge >= 0.3 is 0 Å². The van der Waals surface area contributed by atoms with Crippen LogP contribution in [0.3, 0.4) is 0 Å². The highest BCUT2D eigenvalue weighted by Crippen LogP contribution is 2.39. The van der Waals surface area contributed by atoms with E-state index in [1.807, 2.05) is 28.9 Å². The van der Waals surface area contributed by atoms with E-state index in [4.69, 9.17) is 10.2 Å². The molecule has 0 spiro atoms. The van der Waals surface area contributed by atoms with Gasteiger partial charge in [0.15, 0.2) is 0 Å². The van der Waals surface area contributed by atoms with Gasteiger partial charge in [-0.05, 0) is 48.7 Å². The first-order valence-corrected chi connectivity index (χ1v) is 10.5. The molecule has 1 aliphatic rings. The Balaban J connectivity index is 1.79. The minimum atomic E-state index is -3.79. The van der Waals surface area contributed by atoms with Gasteiger partial charge in [-0.2, -0.15) is 5.10 Å². The van der Waals surface area contributed by atoms with Gasteiger partial charge in [0.05, 0.1) is 16.1 Å². The van der Waals surface area contributed by atoms with E-state index >= 15 is 0 Å². The average Bonchev–Trinajstić information content (AvgIpc) is 3.28. The van der Waals surface area contributed by atoms with Crippen molar-refractivity contribution < 1.29 is 8.42 Å². The number of sulfonamides is 1. The van der Waals surface area contributed by atoms with Crippen molar-refractivity contribution in [3.8, 4) is 22.5 Å². The minimum Gasteiger partial charge on any atom is -0.268 e. The first-order chi connectivity index (χ1) is 13.5. The van der Waals surface area contributed by atoms with Crippen LogP contribution in [-0.4, -0.2) is 28.2 Å². The van der Waals surface area contributed by atoms with Crippen LogP contribution in [-0.2, 0) is 23.0 Å². The Morgan fingerprint density at radius 1 is 1.04 bits per heavy atom. The fourth-order valence-electron chi connectivity index (χ4n) is 3.82. The lowest BCUT2D eigenvalue weighted by Crippen LogP contribution is -2.11. The molecule has 0 atom stereocenters. The van der Waals surface area contributed by atoms with Gasteiger partial charge in [0.25, 0.3) is 0 Å². The molecule has 0 radical (unpaired) electrons. The molecule has 4 heterocycles. The van der Waals surface area contributed by atoms with Crippen LogP contribution in [0.15, 0.2) is 59.8 Å². The van der Waals surface area contributed by atoms with Crippen molar-refractivity contribution in [2.45, 2.75) is 24.3 Å². The molecule has 0 bridgehead atoms. The van der Waals surface area contributed by atoms with Gasteiger partial charge in [-0.3, -0.25) is 14.6 Å². The second kappa shape index (κ2) is 6.22. The Morgan fingerprint density at radius 2 is 1.93 bits per heavy atom. The predicted octanol–water partition coefficient (Wildman–Crippen LogP) is 2.75. The van der Waals surface area contributed by atoms with E-state index in [1.165, 1.54) is 17.8 Å². The molecule has 0 amide bonds. The summed E-state index contributed by atoms with van der Waals surface area (Å²) in [6.07, 6.45) is 5.43. The molecule has 0 unspecified atom stereocenters. The third-order valence-corrected chi connectivity index (χ3v) is 5.97. The molecule has 8 heteroatoms. The normalized spacial score (nSPS) is 13.8.